The first-order chi connectivity index (χ1) is 12.6. The Morgan fingerprint density at radius 1 is 1.22 bits per heavy atom. The molecule has 0 unspecified atom stereocenters. The number of nitrogens with one attached hydrogen (secondary N) is 1. The van der Waals surface area contributed by atoms with Gasteiger partial charge in [0.2, 0.25) is 11.9 Å². The number of halogens is 1. The van der Waals surface area contributed by atoms with Gasteiger partial charge < -0.3 is 0 Å². The number of nitrogens with zero attached hydrogens (tertiary/aromatic N) is 3. The standard InChI is InChI=1S/C17H15FN4O4S/c1-10(23)11-3-5-14(18)13(7-11)12-4-6-15-19-17(21-22(15)8-12)20-16(24)9-27(2,25)26/h3-8H,9H2,1-2H3,(H,20,21,24). The highest BCUT2D eigenvalue weighted by atomic mass is 32.2. The number of carbonyl (C=O) groups is 2. The Bertz CT molecular complexity index is 1170. The Kier molecular flexibility index (Phi) is 4.75. The van der Waals surface area contributed by atoms with Crippen molar-refractivity contribution >= 4 is 33.1 Å². The molecule has 0 spiro atoms. The van der Waals surface area contributed by atoms with Crippen LogP contribution in [-0.4, -0.2) is 46.7 Å². The van der Waals surface area contributed by atoms with Crippen molar-refractivity contribution in [2.45, 2.75) is 6.92 Å². The lowest BCUT2D eigenvalue weighted by Crippen LogP contribution is -2.22. The largest absolute Gasteiger partial charge is 0.295 e. The number of carbonyl (C=O) groups excluding carboxylic acids is 2. The smallest absolute Gasteiger partial charge is 0.249 e. The summed E-state index contributed by atoms with van der Waals surface area (Å²) in [4.78, 5) is 27.3. The van der Waals surface area contributed by atoms with E-state index in [4.69, 9.17) is 0 Å². The van der Waals surface area contributed by atoms with Crippen LogP contribution in [0.4, 0.5) is 10.3 Å². The molecule has 2 aromatic heterocycles. The number of hydrogen-bond donors (Lipinski definition) is 1. The van der Waals surface area contributed by atoms with Crippen molar-refractivity contribution in [2.75, 3.05) is 17.3 Å². The average Bonchev–Trinajstić information content (AvgIpc) is 2.94. The van der Waals surface area contributed by atoms with E-state index in [1.165, 1.54) is 35.8 Å². The van der Waals surface area contributed by atoms with E-state index in [1.54, 1.807) is 12.1 Å². The first-order valence-corrected chi connectivity index (χ1v) is 9.83. The predicted molar refractivity (Wildman–Crippen MR) is 96.7 cm³/mol. The molecule has 8 nitrogen and oxygen atoms in total. The molecule has 0 aliphatic carbocycles. The van der Waals surface area contributed by atoms with E-state index in [2.05, 4.69) is 15.4 Å². The van der Waals surface area contributed by atoms with Crippen LogP contribution < -0.4 is 5.32 Å². The highest BCUT2D eigenvalue weighted by molar-refractivity contribution is 7.91. The molecule has 1 N–H and O–H groups in total. The molecule has 10 heteroatoms. The fraction of sp³-hybridized carbons (Fsp3) is 0.176. The molecule has 0 bridgehead atoms. The quantitative estimate of drug-likeness (QED) is 0.664. The number of benzene rings is 1. The van der Waals surface area contributed by atoms with Gasteiger partial charge in [0, 0.05) is 29.1 Å². The molecule has 0 aliphatic heterocycles. The summed E-state index contributed by atoms with van der Waals surface area (Å²) in [6.07, 6.45) is 2.44. The van der Waals surface area contributed by atoms with Crippen LogP contribution in [0.25, 0.3) is 16.8 Å². The molecule has 2 heterocycles. The number of pyridine rings is 1. The van der Waals surface area contributed by atoms with Gasteiger partial charge >= 0.3 is 0 Å². The maximum absolute atomic E-state index is 14.2. The fourth-order valence-electron chi connectivity index (χ4n) is 2.46. The Balaban J connectivity index is 1.94. The van der Waals surface area contributed by atoms with Crippen LogP contribution in [0.1, 0.15) is 17.3 Å². The van der Waals surface area contributed by atoms with E-state index in [-0.39, 0.29) is 17.3 Å². The lowest BCUT2D eigenvalue weighted by atomic mass is 10.0. The summed E-state index contributed by atoms with van der Waals surface area (Å²) in [7, 11) is -3.48. The van der Waals surface area contributed by atoms with Crippen LogP contribution in [0, 0.1) is 5.82 Å². The molecule has 1 aromatic carbocycles. The molecule has 0 saturated carbocycles. The monoisotopic (exact) mass is 390 g/mol. The van der Waals surface area contributed by atoms with Gasteiger partial charge in [0.15, 0.2) is 21.3 Å². The van der Waals surface area contributed by atoms with Gasteiger partial charge in [-0.2, -0.15) is 4.98 Å². The van der Waals surface area contributed by atoms with Gasteiger partial charge in [0.05, 0.1) is 0 Å². The molecule has 140 valence electrons. The third-order valence-corrected chi connectivity index (χ3v) is 4.45. The zero-order valence-corrected chi connectivity index (χ0v) is 15.2. The fourth-order valence-corrected chi connectivity index (χ4v) is 3.01. The second kappa shape index (κ2) is 6.88. The van der Waals surface area contributed by atoms with Crippen molar-refractivity contribution in [3.05, 3.63) is 47.9 Å². The molecule has 0 aliphatic rings. The van der Waals surface area contributed by atoms with Crippen LogP contribution in [0.3, 0.4) is 0 Å². The Hall–Kier alpha value is -3.14. The number of anilines is 1. The van der Waals surface area contributed by atoms with Crippen molar-refractivity contribution in [3.63, 3.8) is 0 Å². The van der Waals surface area contributed by atoms with E-state index in [0.29, 0.717) is 16.8 Å². The summed E-state index contributed by atoms with van der Waals surface area (Å²) in [5.41, 5.74) is 1.43. The minimum atomic E-state index is -3.48. The number of amides is 1. The summed E-state index contributed by atoms with van der Waals surface area (Å²) < 4.78 is 37.8. The van der Waals surface area contributed by atoms with E-state index in [1.807, 2.05) is 0 Å². The topological polar surface area (TPSA) is 110 Å². The molecule has 3 aromatic rings. The number of sulfone groups is 1. The van der Waals surface area contributed by atoms with Gasteiger partial charge in [0.1, 0.15) is 11.6 Å². The zero-order valence-electron chi connectivity index (χ0n) is 14.4. The van der Waals surface area contributed by atoms with Gasteiger partial charge in [-0.3, -0.25) is 14.9 Å². The number of rotatable bonds is 5. The molecule has 1 amide bonds. The van der Waals surface area contributed by atoms with Crippen LogP contribution in [0.2, 0.25) is 0 Å². The third-order valence-electron chi connectivity index (χ3n) is 3.66. The van der Waals surface area contributed by atoms with Crippen molar-refractivity contribution in [1.29, 1.82) is 0 Å². The van der Waals surface area contributed by atoms with Gasteiger partial charge in [0.25, 0.3) is 0 Å². The summed E-state index contributed by atoms with van der Waals surface area (Å²) in [5.74, 6) is -2.20. The predicted octanol–water partition coefficient (Wildman–Crippen LogP) is 1.72. The van der Waals surface area contributed by atoms with Crippen LogP contribution >= 0.6 is 0 Å². The molecular weight excluding hydrogens is 375 g/mol. The Labute approximate surface area is 154 Å². The van der Waals surface area contributed by atoms with Gasteiger partial charge in [-0.1, -0.05) is 0 Å². The minimum Gasteiger partial charge on any atom is -0.295 e. The van der Waals surface area contributed by atoms with Crippen molar-refractivity contribution < 1.29 is 22.4 Å². The third kappa shape index (κ3) is 4.34. The van der Waals surface area contributed by atoms with Crippen molar-refractivity contribution in [1.82, 2.24) is 14.6 Å². The zero-order chi connectivity index (χ0) is 19.8. The number of Topliss-reactive ketones (excluding diaryl/α,β-unsaturated/α-hetero) is 1. The second-order valence-corrected chi connectivity index (χ2v) is 8.17. The molecular formula is C17H15FN4O4S. The highest BCUT2D eigenvalue weighted by Crippen LogP contribution is 2.25. The summed E-state index contributed by atoms with van der Waals surface area (Å²) in [6, 6.07) is 7.24. The molecule has 0 radical (unpaired) electrons. The first-order valence-electron chi connectivity index (χ1n) is 7.77. The molecule has 0 fully saturated rings. The van der Waals surface area contributed by atoms with E-state index in [0.717, 1.165) is 6.26 Å². The summed E-state index contributed by atoms with van der Waals surface area (Å²) in [6.45, 7) is 1.39. The lowest BCUT2D eigenvalue weighted by molar-refractivity contribution is -0.113. The van der Waals surface area contributed by atoms with Crippen LogP contribution in [-0.2, 0) is 14.6 Å². The normalized spacial score (nSPS) is 11.5. The number of ketones is 1. The van der Waals surface area contributed by atoms with Gasteiger partial charge in [-0.05, 0) is 37.3 Å². The maximum atomic E-state index is 14.2. The molecule has 27 heavy (non-hydrogen) atoms. The molecule has 0 saturated heterocycles. The average molecular weight is 390 g/mol. The van der Waals surface area contributed by atoms with Crippen LogP contribution in [0.5, 0.6) is 0 Å². The van der Waals surface area contributed by atoms with Gasteiger partial charge in [-0.15, -0.1) is 5.10 Å². The molecule has 0 atom stereocenters. The summed E-state index contributed by atoms with van der Waals surface area (Å²) >= 11 is 0. The van der Waals surface area contributed by atoms with Crippen LogP contribution in [0.15, 0.2) is 36.5 Å². The highest BCUT2D eigenvalue weighted by Gasteiger charge is 2.15. The number of fused-ring (bicyclic) bond motifs is 1. The Morgan fingerprint density at radius 3 is 2.63 bits per heavy atom. The van der Waals surface area contributed by atoms with E-state index < -0.39 is 27.3 Å². The summed E-state index contributed by atoms with van der Waals surface area (Å²) in [5, 5.41) is 6.35. The molecule has 3 rings (SSSR count). The first kappa shape index (κ1) is 18.6. The maximum Gasteiger partial charge on any atom is 0.249 e. The van der Waals surface area contributed by atoms with E-state index >= 15 is 0 Å². The van der Waals surface area contributed by atoms with Crippen molar-refractivity contribution in [2.24, 2.45) is 0 Å². The van der Waals surface area contributed by atoms with Crippen molar-refractivity contribution in [3.8, 4) is 11.1 Å². The van der Waals surface area contributed by atoms with E-state index in [9.17, 15) is 22.4 Å². The lowest BCUT2D eigenvalue weighted by Gasteiger charge is -2.05. The number of aromatic nitrogens is 3. The van der Waals surface area contributed by atoms with Gasteiger partial charge in [-0.25, -0.2) is 17.3 Å². The Morgan fingerprint density at radius 2 is 1.96 bits per heavy atom. The SMILES string of the molecule is CC(=O)c1ccc(F)c(-c2ccc3nc(NC(=O)CS(C)(=O)=O)nn3c2)c1. The minimum absolute atomic E-state index is 0.0706. The second-order valence-electron chi connectivity index (χ2n) is 6.03. The number of hydrogen-bond acceptors (Lipinski definition) is 6.